The zero-order valence-corrected chi connectivity index (χ0v) is 9.16. The third-order valence-corrected chi connectivity index (χ3v) is 2.11. The lowest BCUT2D eigenvalue weighted by Crippen LogP contribution is -2.28. The van der Waals surface area contributed by atoms with Crippen molar-refractivity contribution in [3.63, 3.8) is 0 Å². The van der Waals surface area contributed by atoms with E-state index in [0.29, 0.717) is 13.0 Å². The molecule has 1 rings (SSSR count). The summed E-state index contributed by atoms with van der Waals surface area (Å²) in [6, 6.07) is 3.63. The maximum Gasteiger partial charge on any atom is 0.220 e. The van der Waals surface area contributed by atoms with Crippen molar-refractivity contribution < 1.29 is 13.9 Å². The maximum absolute atomic E-state index is 11.2. The van der Waals surface area contributed by atoms with E-state index in [4.69, 9.17) is 9.15 Å². The lowest BCUT2D eigenvalue weighted by molar-refractivity contribution is -0.121. The Hall–Kier alpha value is -1.29. The van der Waals surface area contributed by atoms with E-state index < -0.39 is 0 Å². The van der Waals surface area contributed by atoms with E-state index in [9.17, 15) is 4.79 Å². The normalized spacial score (nSPS) is 12.4. The molecule has 0 radical (unpaired) electrons. The Morgan fingerprint density at radius 2 is 2.47 bits per heavy atom. The zero-order chi connectivity index (χ0) is 11.1. The Bertz CT molecular complexity index is 282. The van der Waals surface area contributed by atoms with Crippen LogP contribution in [0.2, 0.25) is 0 Å². The minimum atomic E-state index is -0.208. The fraction of sp³-hybridized carbons (Fsp3) is 0.545. The molecule has 0 saturated carbocycles. The molecule has 0 aliphatic heterocycles. The van der Waals surface area contributed by atoms with Crippen molar-refractivity contribution in [2.24, 2.45) is 0 Å². The van der Waals surface area contributed by atoms with Crippen LogP contribution in [0, 0.1) is 0 Å². The number of amides is 1. The van der Waals surface area contributed by atoms with Gasteiger partial charge in [-0.05, 0) is 18.6 Å². The highest BCUT2D eigenvalue weighted by molar-refractivity contribution is 5.75. The minimum absolute atomic E-state index is 0.0473. The number of methoxy groups -OCH3 is 1. The molecule has 15 heavy (non-hydrogen) atoms. The van der Waals surface area contributed by atoms with Crippen LogP contribution in [-0.4, -0.2) is 19.6 Å². The summed E-state index contributed by atoms with van der Waals surface area (Å²) in [5, 5.41) is 2.80. The Morgan fingerprint density at radius 3 is 3.00 bits per heavy atom. The Morgan fingerprint density at radius 1 is 1.67 bits per heavy atom. The summed E-state index contributed by atoms with van der Waals surface area (Å²) in [7, 11) is 1.60. The first kappa shape index (κ1) is 11.8. The average Bonchev–Trinajstić information content (AvgIpc) is 2.72. The number of carbonyl (C=O) groups is 1. The van der Waals surface area contributed by atoms with E-state index in [1.54, 1.807) is 19.4 Å². The number of ether oxygens (including phenoxy) is 1. The fourth-order valence-electron chi connectivity index (χ4n) is 1.30. The van der Waals surface area contributed by atoms with Gasteiger partial charge in [-0.25, -0.2) is 0 Å². The van der Waals surface area contributed by atoms with E-state index in [-0.39, 0.29) is 12.0 Å². The molecule has 0 bridgehead atoms. The van der Waals surface area contributed by atoms with Crippen molar-refractivity contribution in [1.29, 1.82) is 0 Å². The standard InChI is InChI=1S/C11H17NO3/c1-3-5-11(13)12-8-10(14-2)9-6-4-7-15-9/h4,6-7,10H,3,5,8H2,1-2H3,(H,12,13)/t10-/m1/s1. The number of hydrogen-bond acceptors (Lipinski definition) is 3. The van der Waals surface area contributed by atoms with Gasteiger partial charge in [-0.3, -0.25) is 4.79 Å². The summed E-state index contributed by atoms with van der Waals surface area (Å²) in [5.41, 5.74) is 0. The molecule has 1 aromatic rings. The van der Waals surface area contributed by atoms with Crippen LogP contribution >= 0.6 is 0 Å². The van der Waals surface area contributed by atoms with Gasteiger partial charge >= 0.3 is 0 Å². The van der Waals surface area contributed by atoms with Crippen molar-refractivity contribution >= 4 is 5.91 Å². The molecule has 0 aliphatic carbocycles. The minimum Gasteiger partial charge on any atom is -0.467 e. The van der Waals surface area contributed by atoms with Crippen LogP contribution in [-0.2, 0) is 9.53 Å². The van der Waals surface area contributed by atoms with Gasteiger partial charge in [0.05, 0.1) is 12.8 Å². The van der Waals surface area contributed by atoms with Crippen molar-refractivity contribution in [1.82, 2.24) is 5.32 Å². The monoisotopic (exact) mass is 211 g/mol. The quantitative estimate of drug-likeness (QED) is 0.781. The van der Waals surface area contributed by atoms with Crippen molar-refractivity contribution in [2.45, 2.75) is 25.9 Å². The van der Waals surface area contributed by atoms with Crippen LogP contribution in [0.1, 0.15) is 31.6 Å². The Balaban J connectivity index is 2.38. The Kier molecular flexibility index (Phi) is 4.90. The van der Waals surface area contributed by atoms with E-state index in [1.165, 1.54) is 0 Å². The van der Waals surface area contributed by atoms with Crippen molar-refractivity contribution in [2.75, 3.05) is 13.7 Å². The average molecular weight is 211 g/mol. The van der Waals surface area contributed by atoms with E-state index in [0.717, 1.165) is 12.2 Å². The van der Waals surface area contributed by atoms with Gasteiger partial charge < -0.3 is 14.5 Å². The Labute approximate surface area is 89.6 Å². The molecule has 84 valence electrons. The van der Waals surface area contributed by atoms with Crippen LogP contribution in [0.5, 0.6) is 0 Å². The second-order valence-electron chi connectivity index (χ2n) is 3.29. The zero-order valence-electron chi connectivity index (χ0n) is 9.16. The second kappa shape index (κ2) is 6.24. The van der Waals surface area contributed by atoms with E-state index in [2.05, 4.69) is 5.32 Å². The van der Waals surface area contributed by atoms with Gasteiger partial charge in [0.25, 0.3) is 0 Å². The number of carbonyl (C=O) groups excluding carboxylic acids is 1. The summed E-state index contributed by atoms with van der Waals surface area (Å²) in [6.07, 6.45) is 2.79. The molecule has 1 aromatic heterocycles. The third-order valence-electron chi connectivity index (χ3n) is 2.11. The lowest BCUT2D eigenvalue weighted by atomic mass is 10.2. The van der Waals surface area contributed by atoms with Gasteiger partial charge in [0.2, 0.25) is 5.91 Å². The first-order valence-corrected chi connectivity index (χ1v) is 5.10. The molecule has 0 aliphatic rings. The highest BCUT2D eigenvalue weighted by Gasteiger charge is 2.13. The van der Waals surface area contributed by atoms with Crippen molar-refractivity contribution in [3.05, 3.63) is 24.2 Å². The molecule has 1 atom stereocenters. The molecular formula is C11H17NO3. The van der Waals surface area contributed by atoms with Gasteiger partial charge in [0.1, 0.15) is 11.9 Å². The fourth-order valence-corrected chi connectivity index (χ4v) is 1.30. The first-order chi connectivity index (χ1) is 7.27. The van der Waals surface area contributed by atoms with Crippen LogP contribution in [0.4, 0.5) is 0 Å². The topological polar surface area (TPSA) is 51.5 Å². The highest BCUT2D eigenvalue weighted by Crippen LogP contribution is 2.15. The largest absolute Gasteiger partial charge is 0.467 e. The van der Waals surface area contributed by atoms with E-state index >= 15 is 0 Å². The number of hydrogen-bond donors (Lipinski definition) is 1. The molecule has 4 heteroatoms. The number of rotatable bonds is 6. The first-order valence-electron chi connectivity index (χ1n) is 5.10. The molecule has 0 spiro atoms. The van der Waals surface area contributed by atoms with Gasteiger partial charge in [-0.1, -0.05) is 6.92 Å². The van der Waals surface area contributed by atoms with Crippen LogP contribution < -0.4 is 5.32 Å². The summed E-state index contributed by atoms with van der Waals surface area (Å²) < 4.78 is 10.4. The van der Waals surface area contributed by atoms with Crippen molar-refractivity contribution in [3.8, 4) is 0 Å². The maximum atomic E-state index is 11.2. The molecular weight excluding hydrogens is 194 g/mol. The van der Waals surface area contributed by atoms with Crippen LogP contribution in [0.15, 0.2) is 22.8 Å². The lowest BCUT2D eigenvalue weighted by Gasteiger charge is -2.13. The predicted octanol–water partition coefficient (Wildman–Crippen LogP) is 1.88. The molecule has 0 fully saturated rings. The summed E-state index contributed by atoms with van der Waals surface area (Å²) in [4.78, 5) is 11.2. The molecule has 0 aromatic carbocycles. The second-order valence-corrected chi connectivity index (χ2v) is 3.29. The molecule has 1 N–H and O–H groups in total. The SMILES string of the molecule is CCCC(=O)NC[C@@H](OC)c1ccco1. The molecule has 0 unspecified atom stereocenters. The summed E-state index contributed by atoms with van der Waals surface area (Å²) in [5.74, 6) is 0.778. The highest BCUT2D eigenvalue weighted by atomic mass is 16.5. The molecule has 4 nitrogen and oxygen atoms in total. The summed E-state index contributed by atoms with van der Waals surface area (Å²) in [6.45, 7) is 2.42. The van der Waals surface area contributed by atoms with E-state index in [1.807, 2.05) is 13.0 Å². The number of furan rings is 1. The molecule has 1 heterocycles. The predicted molar refractivity (Wildman–Crippen MR) is 56.4 cm³/mol. The smallest absolute Gasteiger partial charge is 0.220 e. The summed E-state index contributed by atoms with van der Waals surface area (Å²) >= 11 is 0. The third kappa shape index (κ3) is 3.75. The molecule has 0 saturated heterocycles. The van der Waals surface area contributed by atoms with Gasteiger partial charge in [0.15, 0.2) is 0 Å². The van der Waals surface area contributed by atoms with Gasteiger partial charge in [-0.15, -0.1) is 0 Å². The van der Waals surface area contributed by atoms with Gasteiger partial charge in [-0.2, -0.15) is 0 Å². The molecule has 1 amide bonds. The van der Waals surface area contributed by atoms with Crippen LogP contribution in [0.25, 0.3) is 0 Å². The van der Waals surface area contributed by atoms with Gasteiger partial charge in [0, 0.05) is 13.5 Å². The van der Waals surface area contributed by atoms with Crippen LogP contribution in [0.3, 0.4) is 0 Å². The number of nitrogens with one attached hydrogen (secondary N) is 1.